The molecule has 8 nitrogen and oxygen atoms in total. The Morgan fingerprint density at radius 1 is 1.07 bits per heavy atom. The molecule has 0 amide bonds. The summed E-state index contributed by atoms with van der Waals surface area (Å²) in [6, 6.07) is 11.8. The Labute approximate surface area is 170 Å². The average molecular weight is 421 g/mol. The quantitative estimate of drug-likeness (QED) is 0.349. The van der Waals surface area contributed by atoms with E-state index in [1.807, 2.05) is 6.92 Å². The van der Waals surface area contributed by atoms with Gasteiger partial charge in [-0.15, -0.1) is 0 Å². The average Bonchev–Trinajstić information content (AvgIpc) is 2.73. The molecule has 0 heterocycles. The van der Waals surface area contributed by atoms with Crippen molar-refractivity contribution in [3.63, 3.8) is 0 Å². The normalized spacial score (nSPS) is 12.4. The van der Waals surface area contributed by atoms with E-state index >= 15 is 0 Å². The van der Waals surface area contributed by atoms with Gasteiger partial charge in [-0.25, -0.2) is 13.2 Å². The van der Waals surface area contributed by atoms with Crippen LogP contribution in [0.5, 0.6) is 5.75 Å². The summed E-state index contributed by atoms with van der Waals surface area (Å²) in [5.41, 5.74) is 0.369. The molecule has 2 aromatic rings. The number of nitrogens with zero attached hydrogens (tertiary/aromatic N) is 1. The van der Waals surface area contributed by atoms with E-state index in [4.69, 9.17) is 14.3 Å². The Balaban J connectivity index is 2.13. The fraction of sp³-hybridized carbons (Fsp3) is 0.300. The van der Waals surface area contributed by atoms with E-state index in [2.05, 4.69) is 0 Å². The largest absolute Gasteiger partial charge is 0.494 e. The minimum Gasteiger partial charge on any atom is -0.494 e. The highest BCUT2D eigenvalue weighted by atomic mass is 32.2. The van der Waals surface area contributed by atoms with Gasteiger partial charge in [0.05, 0.1) is 24.2 Å². The molecule has 9 heteroatoms. The third kappa shape index (κ3) is 5.41. The van der Waals surface area contributed by atoms with Gasteiger partial charge in [-0.3, -0.25) is 9.63 Å². The molecule has 0 radical (unpaired) electrons. The third-order valence-electron chi connectivity index (χ3n) is 4.07. The maximum Gasteiger partial charge on any atom is 0.338 e. The Bertz CT molecular complexity index is 971. The zero-order valence-corrected chi connectivity index (χ0v) is 17.4. The summed E-state index contributed by atoms with van der Waals surface area (Å²) < 4.78 is 35.9. The summed E-state index contributed by atoms with van der Waals surface area (Å²) in [4.78, 5) is 29.5. The predicted molar refractivity (Wildman–Crippen MR) is 105 cm³/mol. The molecular weight excluding hydrogens is 398 g/mol. The molecule has 0 aromatic heterocycles. The van der Waals surface area contributed by atoms with Gasteiger partial charge in [0, 0.05) is 12.6 Å². The van der Waals surface area contributed by atoms with Crippen molar-refractivity contribution in [3.8, 4) is 5.75 Å². The Morgan fingerprint density at radius 3 is 2.31 bits per heavy atom. The van der Waals surface area contributed by atoms with Gasteiger partial charge < -0.3 is 9.47 Å². The monoisotopic (exact) mass is 421 g/mol. The molecule has 0 bridgehead atoms. The third-order valence-corrected chi connectivity index (χ3v) is 5.74. The van der Waals surface area contributed by atoms with Crippen LogP contribution in [0, 0.1) is 0 Å². The fourth-order valence-corrected chi connectivity index (χ4v) is 3.45. The summed E-state index contributed by atoms with van der Waals surface area (Å²) in [6.45, 7) is 3.82. The number of benzene rings is 2. The zero-order valence-electron chi connectivity index (χ0n) is 16.6. The Kier molecular flexibility index (Phi) is 7.49. The van der Waals surface area contributed by atoms with Gasteiger partial charge in [-0.1, -0.05) is 10.5 Å². The highest BCUT2D eigenvalue weighted by molar-refractivity contribution is 7.89. The number of Topliss-reactive ketones (excluding diaryl/α,β-unsaturated/α-hetero) is 1. The van der Waals surface area contributed by atoms with Crippen molar-refractivity contribution in [1.29, 1.82) is 0 Å². The molecule has 0 spiro atoms. The van der Waals surface area contributed by atoms with Gasteiger partial charge in [-0.2, -0.15) is 0 Å². The van der Waals surface area contributed by atoms with Crippen LogP contribution in [0.1, 0.15) is 34.6 Å². The van der Waals surface area contributed by atoms with Gasteiger partial charge in [0.15, 0.2) is 6.10 Å². The second-order valence-electron chi connectivity index (χ2n) is 5.99. The molecule has 29 heavy (non-hydrogen) atoms. The molecule has 0 N–H and O–H groups in total. The molecule has 0 aliphatic heterocycles. The van der Waals surface area contributed by atoms with E-state index in [0.29, 0.717) is 22.4 Å². The smallest absolute Gasteiger partial charge is 0.338 e. The number of hydrogen-bond donors (Lipinski definition) is 0. The minimum absolute atomic E-state index is 0.00178. The highest BCUT2D eigenvalue weighted by Gasteiger charge is 2.24. The van der Waals surface area contributed by atoms with E-state index < -0.39 is 22.1 Å². The van der Waals surface area contributed by atoms with Crippen LogP contribution in [0.25, 0.3) is 0 Å². The molecule has 0 saturated carbocycles. The first kappa shape index (κ1) is 22.5. The highest BCUT2D eigenvalue weighted by Crippen LogP contribution is 2.18. The molecule has 0 fully saturated rings. The first-order chi connectivity index (χ1) is 13.7. The predicted octanol–water partition coefficient (Wildman–Crippen LogP) is 2.70. The zero-order chi connectivity index (χ0) is 21.6. The van der Waals surface area contributed by atoms with E-state index in [9.17, 15) is 18.0 Å². The molecule has 0 aliphatic rings. The number of carbonyl (C=O) groups excluding carboxylic acids is 2. The molecule has 2 rings (SSSR count). The van der Waals surface area contributed by atoms with Crippen LogP contribution in [-0.4, -0.2) is 51.5 Å². The number of hydroxylamine groups is 1. The first-order valence-corrected chi connectivity index (χ1v) is 10.3. The number of hydrogen-bond acceptors (Lipinski definition) is 7. The fourth-order valence-electron chi connectivity index (χ4n) is 2.43. The maximum atomic E-state index is 12.5. The summed E-state index contributed by atoms with van der Waals surface area (Å²) in [7, 11) is -1.47. The number of ketones is 1. The SMILES string of the molecule is CCOc1ccc(C(=O)[C@@H](C)OC(=O)c2cccc(S(=O)(=O)N(C)OC)c2)cc1. The summed E-state index contributed by atoms with van der Waals surface area (Å²) >= 11 is 0. The van der Waals surface area contributed by atoms with Gasteiger partial charge in [-0.05, 0) is 56.3 Å². The Morgan fingerprint density at radius 2 is 1.72 bits per heavy atom. The van der Waals surface area contributed by atoms with Crippen LogP contribution in [0.15, 0.2) is 53.4 Å². The van der Waals surface area contributed by atoms with Crippen molar-refractivity contribution in [2.45, 2.75) is 24.8 Å². The van der Waals surface area contributed by atoms with E-state index in [0.717, 1.165) is 0 Å². The number of rotatable bonds is 9. The minimum atomic E-state index is -3.92. The molecule has 156 valence electrons. The lowest BCUT2D eigenvalue weighted by Gasteiger charge is -2.15. The van der Waals surface area contributed by atoms with Crippen LogP contribution in [0.3, 0.4) is 0 Å². The molecule has 0 aliphatic carbocycles. The van der Waals surface area contributed by atoms with Crippen LogP contribution in [-0.2, 0) is 19.6 Å². The van der Waals surface area contributed by atoms with Crippen LogP contribution >= 0.6 is 0 Å². The van der Waals surface area contributed by atoms with Crippen LogP contribution < -0.4 is 4.74 Å². The summed E-state index contributed by atoms with van der Waals surface area (Å²) in [6.07, 6.45) is -1.05. The molecule has 2 aromatic carbocycles. The van der Waals surface area contributed by atoms with Crippen molar-refractivity contribution >= 4 is 21.8 Å². The van der Waals surface area contributed by atoms with Crippen LogP contribution in [0.2, 0.25) is 0 Å². The van der Waals surface area contributed by atoms with Gasteiger partial charge in [0.1, 0.15) is 5.75 Å². The topological polar surface area (TPSA) is 99.2 Å². The van der Waals surface area contributed by atoms with Crippen molar-refractivity contribution in [3.05, 3.63) is 59.7 Å². The molecule has 0 saturated heterocycles. The second kappa shape index (κ2) is 9.64. The lowest BCUT2D eigenvalue weighted by molar-refractivity contribution is -0.0258. The lowest BCUT2D eigenvalue weighted by Crippen LogP contribution is -2.26. The summed E-state index contributed by atoms with van der Waals surface area (Å²) in [5.74, 6) is -0.564. The number of carbonyl (C=O) groups is 2. The standard InChI is InChI=1S/C20H23NO7S/c1-5-27-17-11-9-15(10-12-17)19(22)14(2)28-20(23)16-7-6-8-18(13-16)29(24,25)21(3)26-4/h6-14H,5H2,1-4H3/t14-/m1/s1. The molecular formula is C20H23NO7S. The van der Waals surface area contributed by atoms with Crippen molar-refractivity contribution < 1.29 is 32.3 Å². The maximum absolute atomic E-state index is 12.5. The van der Waals surface area contributed by atoms with E-state index in [-0.39, 0.29) is 16.2 Å². The molecule has 1 atom stereocenters. The van der Waals surface area contributed by atoms with E-state index in [1.165, 1.54) is 45.3 Å². The first-order valence-electron chi connectivity index (χ1n) is 8.81. The Hall–Kier alpha value is -2.75. The van der Waals surface area contributed by atoms with Gasteiger partial charge in [0.25, 0.3) is 10.0 Å². The van der Waals surface area contributed by atoms with Gasteiger partial charge >= 0.3 is 5.97 Å². The molecule has 0 unspecified atom stereocenters. The van der Waals surface area contributed by atoms with Crippen LogP contribution in [0.4, 0.5) is 0 Å². The lowest BCUT2D eigenvalue weighted by atomic mass is 10.1. The number of sulfonamides is 1. The van der Waals surface area contributed by atoms with Crippen molar-refractivity contribution in [2.24, 2.45) is 0 Å². The van der Waals surface area contributed by atoms with E-state index in [1.54, 1.807) is 24.3 Å². The van der Waals surface area contributed by atoms with Crippen molar-refractivity contribution in [2.75, 3.05) is 20.8 Å². The second-order valence-corrected chi connectivity index (χ2v) is 7.93. The number of esters is 1. The summed E-state index contributed by atoms with van der Waals surface area (Å²) in [5, 5.41) is 0. The van der Waals surface area contributed by atoms with Gasteiger partial charge in [0.2, 0.25) is 5.78 Å². The number of ether oxygens (including phenoxy) is 2. The van der Waals surface area contributed by atoms with Crippen molar-refractivity contribution in [1.82, 2.24) is 4.47 Å².